The topological polar surface area (TPSA) is 100 Å². The van der Waals surface area contributed by atoms with E-state index in [1.165, 1.54) is 36.4 Å². The van der Waals surface area contributed by atoms with Gasteiger partial charge in [0, 0.05) is 5.69 Å². The molecule has 0 saturated heterocycles. The predicted molar refractivity (Wildman–Crippen MR) is 68.1 cm³/mol. The molecule has 0 bridgehead atoms. The number of hydrogen-bond donors (Lipinski definition) is 1. The summed E-state index contributed by atoms with van der Waals surface area (Å²) in [7, 11) is -3.82. The van der Waals surface area contributed by atoms with E-state index in [1.807, 2.05) is 0 Å². The Morgan fingerprint density at radius 3 is 2.21 bits per heavy atom. The summed E-state index contributed by atoms with van der Waals surface area (Å²) >= 11 is 5.54. The first-order chi connectivity index (χ1) is 8.47. The van der Waals surface area contributed by atoms with Crippen LogP contribution in [0, 0.1) is 0 Å². The van der Waals surface area contributed by atoms with Crippen molar-refractivity contribution >= 4 is 33.1 Å². The number of nitrogen functional groups attached to an aromatic ring is 1. The van der Waals surface area contributed by atoms with Crippen molar-refractivity contribution in [2.75, 3.05) is 5.73 Å². The molecular formula is C10H8ClN4NaO2S. The summed E-state index contributed by atoms with van der Waals surface area (Å²) in [6, 6.07) is 8.48. The number of hydrogen-bond acceptors (Lipinski definition) is 5. The fraction of sp³-hybridized carbons (Fsp3) is 0. The normalized spacial score (nSPS) is 10.6. The molecule has 6 nitrogen and oxygen atoms in total. The Morgan fingerprint density at radius 2 is 1.68 bits per heavy atom. The van der Waals surface area contributed by atoms with Gasteiger partial charge in [-0.15, -0.1) is 0 Å². The fourth-order valence-corrected chi connectivity index (χ4v) is 2.20. The van der Waals surface area contributed by atoms with Crippen LogP contribution in [0.2, 0.25) is 5.15 Å². The molecule has 19 heavy (non-hydrogen) atoms. The molecule has 0 spiro atoms. The number of sulfonamides is 1. The van der Waals surface area contributed by atoms with Gasteiger partial charge < -0.3 is 15.6 Å². The number of aromatic nitrogens is 2. The Bertz CT molecular complexity index is 646. The van der Waals surface area contributed by atoms with Crippen LogP contribution in [-0.2, 0) is 10.0 Å². The third-order valence-electron chi connectivity index (χ3n) is 2.01. The van der Waals surface area contributed by atoms with Gasteiger partial charge in [-0.05, 0) is 36.1 Å². The van der Waals surface area contributed by atoms with Crippen molar-refractivity contribution in [3.8, 4) is 0 Å². The van der Waals surface area contributed by atoms with Crippen LogP contribution >= 0.6 is 11.6 Å². The van der Waals surface area contributed by atoms with Crippen molar-refractivity contribution in [1.82, 2.24) is 10.2 Å². The molecule has 0 aliphatic carbocycles. The molecule has 2 rings (SSSR count). The Hall–Kier alpha value is -0.860. The monoisotopic (exact) mass is 306 g/mol. The standard InChI is InChI=1S/C10H8ClN4O2S.Na/c11-9-5-6-10(14-13-9)15-18(16,17)8-3-1-7(12)2-4-8;/h1-6H,12H2;/q-1;+1. The van der Waals surface area contributed by atoms with Crippen LogP contribution in [0.1, 0.15) is 0 Å². The first-order valence-electron chi connectivity index (χ1n) is 4.80. The molecule has 0 aliphatic rings. The zero-order valence-electron chi connectivity index (χ0n) is 9.99. The quantitative estimate of drug-likeness (QED) is 0.586. The molecule has 1 aromatic heterocycles. The van der Waals surface area contributed by atoms with Gasteiger partial charge in [-0.1, -0.05) is 17.7 Å². The van der Waals surface area contributed by atoms with E-state index in [2.05, 4.69) is 14.9 Å². The van der Waals surface area contributed by atoms with Gasteiger partial charge in [0.15, 0.2) is 0 Å². The maximum Gasteiger partial charge on any atom is 1.00 e. The van der Waals surface area contributed by atoms with Gasteiger partial charge in [0.2, 0.25) is 10.0 Å². The van der Waals surface area contributed by atoms with Gasteiger partial charge in [-0.25, -0.2) is 13.5 Å². The summed E-state index contributed by atoms with van der Waals surface area (Å²) < 4.78 is 27.3. The van der Waals surface area contributed by atoms with Gasteiger partial charge in [0.25, 0.3) is 0 Å². The number of nitrogens with zero attached hydrogens (tertiary/aromatic N) is 3. The van der Waals surface area contributed by atoms with Gasteiger partial charge >= 0.3 is 29.6 Å². The summed E-state index contributed by atoms with van der Waals surface area (Å²) in [4.78, 5) is 0.0356. The van der Waals surface area contributed by atoms with Crippen LogP contribution in [0.4, 0.5) is 11.5 Å². The van der Waals surface area contributed by atoms with Crippen molar-refractivity contribution in [1.29, 1.82) is 0 Å². The minimum absolute atomic E-state index is 0. The molecule has 1 heterocycles. The second kappa shape index (κ2) is 6.53. The van der Waals surface area contributed by atoms with Crippen molar-refractivity contribution in [2.45, 2.75) is 4.90 Å². The number of rotatable bonds is 3. The summed E-state index contributed by atoms with van der Waals surface area (Å²) in [6.45, 7) is 0. The second-order valence-electron chi connectivity index (χ2n) is 3.35. The zero-order valence-corrected chi connectivity index (χ0v) is 13.6. The van der Waals surface area contributed by atoms with Gasteiger partial charge in [0.05, 0.1) is 4.90 Å². The van der Waals surface area contributed by atoms with Gasteiger partial charge in [0.1, 0.15) is 5.15 Å². The Morgan fingerprint density at radius 1 is 1.05 bits per heavy atom. The molecule has 0 unspecified atom stereocenters. The van der Waals surface area contributed by atoms with Crippen LogP contribution in [0.25, 0.3) is 4.72 Å². The Labute approximate surface area is 137 Å². The first-order valence-corrected chi connectivity index (χ1v) is 6.62. The summed E-state index contributed by atoms with van der Waals surface area (Å²) in [5.41, 5.74) is 5.95. The summed E-state index contributed by atoms with van der Waals surface area (Å²) in [6.07, 6.45) is 0. The largest absolute Gasteiger partial charge is 1.00 e. The minimum atomic E-state index is -3.82. The third-order valence-corrected chi connectivity index (χ3v) is 3.51. The molecule has 0 saturated carbocycles. The maximum absolute atomic E-state index is 11.9. The van der Waals surface area contributed by atoms with Crippen LogP contribution < -0.4 is 35.3 Å². The first kappa shape index (κ1) is 16.2. The third kappa shape index (κ3) is 4.32. The van der Waals surface area contributed by atoms with Crippen molar-refractivity contribution in [3.63, 3.8) is 0 Å². The van der Waals surface area contributed by atoms with Crippen LogP contribution in [-0.4, -0.2) is 18.6 Å². The molecule has 2 N–H and O–H groups in total. The molecule has 2 aromatic rings. The second-order valence-corrected chi connectivity index (χ2v) is 5.34. The van der Waals surface area contributed by atoms with Gasteiger partial charge in [-0.2, -0.15) is 0 Å². The number of benzene rings is 1. The minimum Gasteiger partial charge on any atom is -0.399 e. The molecule has 9 heteroatoms. The molecule has 0 atom stereocenters. The van der Waals surface area contributed by atoms with Crippen molar-refractivity contribution in [2.24, 2.45) is 0 Å². The Kier molecular flexibility index (Phi) is 5.57. The zero-order chi connectivity index (χ0) is 13.2. The molecule has 0 aliphatic heterocycles. The van der Waals surface area contributed by atoms with Crippen LogP contribution in [0.15, 0.2) is 41.3 Å². The molecular weight excluding hydrogens is 299 g/mol. The molecule has 0 fully saturated rings. The number of anilines is 1. The van der Waals surface area contributed by atoms with Crippen molar-refractivity contribution in [3.05, 3.63) is 46.3 Å². The van der Waals surface area contributed by atoms with E-state index < -0.39 is 10.0 Å². The molecule has 1 aromatic carbocycles. The SMILES string of the molecule is Nc1ccc(S(=O)(=O)[N-]c2ccc(Cl)nn2)cc1.[Na+]. The summed E-state index contributed by atoms with van der Waals surface area (Å²) in [5, 5.41) is 7.23. The smallest absolute Gasteiger partial charge is 0.399 e. The van der Waals surface area contributed by atoms with E-state index >= 15 is 0 Å². The van der Waals surface area contributed by atoms with E-state index in [0.29, 0.717) is 5.69 Å². The average molecular weight is 307 g/mol. The van der Waals surface area contributed by atoms with Crippen molar-refractivity contribution < 1.29 is 38.0 Å². The average Bonchev–Trinajstić information content (AvgIpc) is 2.32. The Balaban J connectivity index is 0.00000180. The van der Waals surface area contributed by atoms with Crippen LogP contribution in [0.3, 0.4) is 0 Å². The van der Waals surface area contributed by atoms with E-state index in [0.717, 1.165) is 0 Å². The van der Waals surface area contributed by atoms with E-state index in [4.69, 9.17) is 17.3 Å². The number of halogens is 1. The summed E-state index contributed by atoms with van der Waals surface area (Å²) in [5.74, 6) is -0.0313. The fourth-order valence-electron chi connectivity index (χ4n) is 1.17. The van der Waals surface area contributed by atoms with E-state index in [-0.39, 0.29) is 45.4 Å². The van der Waals surface area contributed by atoms with Crippen LogP contribution in [0.5, 0.6) is 0 Å². The molecule has 0 amide bonds. The van der Waals surface area contributed by atoms with E-state index in [9.17, 15) is 8.42 Å². The predicted octanol–water partition coefficient (Wildman–Crippen LogP) is -0.890. The number of nitrogens with two attached hydrogens (primary N) is 1. The van der Waals surface area contributed by atoms with E-state index in [1.54, 1.807) is 0 Å². The maximum atomic E-state index is 11.9. The van der Waals surface area contributed by atoms with Gasteiger partial charge in [-0.3, -0.25) is 0 Å². The molecule has 94 valence electrons. The molecule has 0 radical (unpaired) electrons.